The largest absolute Gasteiger partial charge is 0.458 e. The Morgan fingerprint density at radius 3 is 1.59 bits per heavy atom. The molecule has 0 aromatic rings. The SMILES string of the molecule is CCCCCC=CCC=CCC=CCC=CCCCC(=O)C(=O)C(F)(F)F. The fourth-order valence-electron chi connectivity index (χ4n) is 2.21. The lowest BCUT2D eigenvalue weighted by atomic mass is 10.1. The van der Waals surface area contributed by atoms with E-state index in [2.05, 4.69) is 37.3 Å². The van der Waals surface area contributed by atoms with Gasteiger partial charge in [0.25, 0.3) is 0 Å². The van der Waals surface area contributed by atoms with E-state index >= 15 is 0 Å². The standard InChI is InChI=1S/C22H31F3O2/c1-2-3-4-5-6-7-8-9-10-11-12-13-14-15-16-17-18-19-20(26)21(27)22(23,24)25/h6-7,9-10,12-13,15-16H,2-5,8,11,14,17-19H2,1H3. The van der Waals surface area contributed by atoms with E-state index in [1.807, 2.05) is 18.2 Å². The zero-order valence-electron chi connectivity index (χ0n) is 16.1. The fraction of sp³-hybridized carbons (Fsp3) is 0.545. The first-order valence-electron chi connectivity index (χ1n) is 9.64. The summed E-state index contributed by atoms with van der Waals surface area (Å²) in [6.45, 7) is 2.20. The summed E-state index contributed by atoms with van der Waals surface area (Å²) >= 11 is 0. The molecule has 0 saturated heterocycles. The van der Waals surface area contributed by atoms with E-state index in [9.17, 15) is 22.8 Å². The molecule has 0 heterocycles. The summed E-state index contributed by atoms with van der Waals surface area (Å²) in [5.74, 6) is -3.62. The van der Waals surface area contributed by atoms with Gasteiger partial charge in [0.15, 0.2) is 0 Å². The molecule has 27 heavy (non-hydrogen) atoms. The van der Waals surface area contributed by atoms with Gasteiger partial charge >= 0.3 is 12.0 Å². The molecular weight excluding hydrogens is 353 g/mol. The number of hydrogen-bond acceptors (Lipinski definition) is 2. The number of hydrogen-bond donors (Lipinski definition) is 0. The van der Waals surface area contributed by atoms with Gasteiger partial charge in [0, 0.05) is 6.42 Å². The van der Waals surface area contributed by atoms with Crippen LogP contribution in [-0.2, 0) is 9.59 Å². The van der Waals surface area contributed by atoms with Crippen molar-refractivity contribution in [2.75, 3.05) is 0 Å². The summed E-state index contributed by atoms with van der Waals surface area (Å²) in [7, 11) is 0. The van der Waals surface area contributed by atoms with Gasteiger partial charge in [0.2, 0.25) is 5.78 Å². The lowest BCUT2D eigenvalue weighted by molar-refractivity contribution is -0.174. The summed E-state index contributed by atoms with van der Waals surface area (Å²) in [6, 6.07) is 0. The zero-order valence-corrected chi connectivity index (χ0v) is 16.1. The molecule has 0 radical (unpaired) electrons. The second-order valence-electron chi connectivity index (χ2n) is 6.23. The highest BCUT2D eigenvalue weighted by atomic mass is 19.4. The average molecular weight is 384 g/mol. The highest BCUT2D eigenvalue weighted by Crippen LogP contribution is 2.17. The van der Waals surface area contributed by atoms with E-state index in [1.165, 1.54) is 19.3 Å². The lowest BCUT2D eigenvalue weighted by Crippen LogP contribution is -2.30. The molecule has 0 fully saturated rings. The van der Waals surface area contributed by atoms with Crippen LogP contribution in [0.1, 0.15) is 71.1 Å². The first-order chi connectivity index (χ1) is 12.9. The third kappa shape index (κ3) is 16.0. The quantitative estimate of drug-likeness (QED) is 0.176. The molecule has 0 amide bonds. The summed E-state index contributed by atoms with van der Waals surface area (Å²) in [5, 5.41) is 0. The third-order valence-electron chi connectivity index (χ3n) is 3.74. The van der Waals surface area contributed by atoms with Gasteiger partial charge in [0.1, 0.15) is 0 Å². The molecular formula is C22H31F3O2. The molecule has 0 spiro atoms. The summed E-state index contributed by atoms with van der Waals surface area (Å²) in [4.78, 5) is 21.7. The molecule has 5 heteroatoms. The molecule has 2 nitrogen and oxygen atoms in total. The lowest BCUT2D eigenvalue weighted by Gasteiger charge is -2.02. The van der Waals surface area contributed by atoms with E-state index in [0.29, 0.717) is 6.42 Å². The van der Waals surface area contributed by atoms with Gasteiger partial charge in [0.05, 0.1) is 0 Å². The first-order valence-corrected chi connectivity index (χ1v) is 9.64. The van der Waals surface area contributed by atoms with Gasteiger partial charge in [-0.1, -0.05) is 68.4 Å². The van der Waals surface area contributed by atoms with Crippen molar-refractivity contribution in [2.24, 2.45) is 0 Å². The third-order valence-corrected chi connectivity index (χ3v) is 3.74. The zero-order chi connectivity index (χ0) is 20.4. The fourth-order valence-corrected chi connectivity index (χ4v) is 2.21. The number of unbranched alkanes of at least 4 members (excludes halogenated alkanes) is 4. The van der Waals surface area contributed by atoms with Crippen molar-refractivity contribution < 1.29 is 22.8 Å². The molecule has 0 rings (SSSR count). The average Bonchev–Trinajstić information content (AvgIpc) is 2.62. The Morgan fingerprint density at radius 1 is 0.704 bits per heavy atom. The van der Waals surface area contributed by atoms with Crippen LogP contribution in [0.4, 0.5) is 13.2 Å². The number of carbonyl (C=O) groups excluding carboxylic acids is 2. The Morgan fingerprint density at radius 2 is 1.15 bits per heavy atom. The van der Waals surface area contributed by atoms with Gasteiger partial charge in [-0.2, -0.15) is 13.2 Å². The molecule has 0 atom stereocenters. The van der Waals surface area contributed by atoms with Crippen molar-refractivity contribution in [1.82, 2.24) is 0 Å². The van der Waals surface area contributed by atoms with Gasteiger partial charge in [-0.25, -0.2) is 0 Å². The van der Waals surface area contributed by atoms with Crippen LogP contribution in [0.5, 0.6) is 0 Å². The Labute approximate surface area is 160 Å². The van der Waals surface area contributed by atoms with Gasteiger partial charge in [-0.3, -0.25) is 9.59 Å². The van der Waals surface area contributed by atoms with E-state index in [4.69, 9.17) is 0 Å². The Hall–Kier alpha value is -1.91. The number of carbonyl (C=O) groups is 2. The molecule has 0 aliphatic carbocycles. The van der Waals surface area contributed by atoms with Crippen molar-refractivity contribution >= 4 is 11.6 Å². The molecule has 152 valence electrons. The number of rotatable bonds is 15. The predicted molar refractivity (Wildman–Crippen MR) is 104 cm³/mol. The maximum Gasteiger partial charge on any atom is 0.458 e. The summed E-state index contributed by atoms with van der Waals surface area (Å²) in [6.07, 6.45) is 19.2. The number of ketones is 2. The van der Waals surface area contributed by atoms with Crippen molar-refractivity contribution in [3.05, 3.63) is 48.6 Å². The molecule has 0 N–H and O–H groups in total. The van der Waals surface area contributed by atoms with Crippen molar-refractivity contribution in [2.45, 2.75) is 77.3 Å². The van der Waals surface area contributed by atoms with Crippen LogP contribution in [0, 0.1) is 0 Å². The minimum absolute atomic E-state index is 0.246. The maximum absolute atomic E-state index is 12.0. The minimum Gasteiger partial charge on any atom is -0.291 e. The van der Waals surface area contributed by atoms with E-state index in [0.717, 1.165) is 25.7 Å². The van der Waals surface area contributed by atoms with E-state index < -0.39 is 17.7 Å². The Balaban J connectivity index is 3.64. The van der Waals surface area contributed by atoms with Crippen LogP contribution in [0.25, 0.3) is 0 Å². The molecule has 0 aliphatic rings. The second-order valence-corrected chi connectivity index (χ2v) is 6.23. The van der Waals surface area contributed by atoms with Crippen molar-refractivity contribution in [3.63, 3.8) is 0 Å². The van der Waals surface area contributed by atoms with Crippen LogP contribution >= 0.6 is 0 Å². The van der Waals surface area contributed by atoms with Gasteiger partial charge < -0.3 is 0 Å². The van der Waals surface area contributed by atoms with Crippen LogP contribution in [-0.4, -0.2) is 17.7 Å². The van der Waals surface area contributed by atoms with Crippen LogP contribution < -0.4 is 0 Å². The van der Waals surface area contributed by atoms with Crippen LogP contribution in [0.2, 0.25) is 0 Å². The highest BCUT2D eigenvalue weighted by Gasteiger charge is 2.42. The van der Waals surface area contributed by atoms with Crippen molar-refractivity contribution in [3.8, 4) is 0 Å². The van der Waals surface area contributed by atoms with E-state index in [1.54, 1.807) is 0 Å². The molecule has 0 aliphatic heterocycles. The Bertz CT molecular complexity index is 526. The van der Waals surface area contributed by atoms with Gasteiger partial charge in [-0.15, -0.1) is 0 Å². The van der Waals surface area contributed by atoms with Gasteiger partial charge in [-0.05, 0) is 44.9 Å². The molecule has 0 aromatic carbocycles. The number of Topliss-reactive ketones (excluding diaryl/α,β-unsaturated/α-hetero) is 2. The predicted octanol–water partition coefficient (Wildman–Crippen LogP) is 6.83. The Kier molecular flexibility index (Phi) is 15.1. The molecule has 0 unspecified atom stereocenters. The normalized spacial score (nSPS) is 12.9. The smallest absolute Gasteiger partial charge is 0.291 e. The number of allylic oxidation sites excluding steroid dienone is 8. The highest BCUT2D eigenvalue weighted by molar-refractivity contribution is 6.39. The number of halogens is 3. The van der Waals surface area contributed by atoms with Crippen LogP contribution in [0.3, 0.4) is 0 Å². The summed E-state index contributed by atoms with van der Waals surface area (Å²) in [5.41, 5.74) is 0. The maximum atomic E-state index is 12.0. The van der Waals surface area contributed by atoms with Crippen molar-refractivity contribution in [1.29, 1.82) is 0 Å². The minimum atomic E-state index is -5.06. The first kappa shape index (κ1) is 25.1. The molecule has 0 bridgehead atoms. The summed E-state index contributed by atoms with van der Waals surface area (Å²) < 4.78 is 36.1. The number of alkyl halides is 3. The topological polar surface area (TPSA) is 34.1 Å². The van der Waals surface area contributed by atoms with Crippen LogP contribution in [0.15, 0.2) is 48.6 Å². The van der Waals surface area contributed by atoms with E-state index in [-0.39, 0.29) is 12.8 Å². The molecule has 0 aromatic heterocycles. The second kappa shape index (κ2) is 16.3. The molecule has 0 saturated carbocycles. The monoisotopic (exact) mass is 384 g/mol.